The second-order valence-corrected chi connectivity index (χ2v) is 6.94. The highest BCUT2D eigenvalue weighted by molar-refractivity contribution is 7.20. The number of nitrogens with one attached hydrogen (secondary N) is 1. The Bertz CT molecular complexity index is 1080. The molecule has 8 nitrogen and oxygen atoms in total. The van der Waals surface area contributed by atoms with E-state index >= 15 is 0 Å². The number of amides is 1. The van der Waals surface area contributed by atoms with Gasteiger partial charge in [-0.25, -0.2) is 5.43 Å². The number of rotatable bonds is 8. The zero-order valence-corrected chi connectivity index (χ0v) is 16.7. The van der Waals surface area contributed by atoms with E-state index in [0.717, 1.165) is 10.3 Å². The molecule has 2 aromatic carbocycles. The van der Waals surface area contributed by atoms with Crippen molar-refractivity contribution in [3.05, 3.63) is 63.0 Å². The highest BCUT2D eigenvalue weighted by atomic mass is 32.1. The standard InChI is InChI=1S/C20H19N3O5S/c1-3-27-16-7-5-13(9-17(16)28-4-2)12-21-22-20(24)19-11-14-10-15(23(25)26)6-8-18(14)29-19/h5-12H,3-4H2,1-2H3,(H,22,24)/b21-12-. The SMILES string of the molecule is CCOc1ccc(/C=N\NC(=O)c2cc3cc([N+](=O)[O-])ccc3s2)cc1OCC. The fourth-order valence-electron chi connectivity index (χ4n) is 2.62. The largest absolute Gasteiger partial charge is 0.490 e. The van der Waals surface area contributed by atoms with Gasteiger partial charge < -0.3 is 9.47 Å². The average molecular weight is 413 g/mol. The van der Waals surface area contributed by atoms with Crippen molar-refractivity contribution in [1.29, 1.82) is 0 Å². The molecule has 0 aliphatic carbocycles. The molecule has 0 saturated carbocycles. The summed E-state index contributed by atoms with van der Waals surface area (Å²) in [4.78, 5) is 23.2. The van der Waals surface area contributed by atoms with Crippen LogP contribution in [0.15, 0.2) is 47.6 Å². The molecule has 0 bridgehead atoms. The Balaban J connectivity index is 1.71. The lowest BCUT2D eigenvalue weighted by atomic mass is 10.2. The van der Waals surface area contributed by atoms with E-state index in [1.54, 1.807) is 24.3 Å². The average Bonchev–Trinajstić information content (AvgIpc) is 3.13. The maximum Gasteiger partial charge on any atom is 0.281 e. The van der Waals surface area contributed by atoms with Crippen molar-refractivity contribution in [2.24, 2.45) is 5.10 Å². The topological polar surface area (TPSA) is 103 Å². The fourth-order valence-corrected chi connectivity index (χ4v) is 3.56. The lowest BCUT2D eigenvalue weighted by molar-refractivity contribution is -0.384. The zero-order chi connectivity index (χ0) is 20.8. The van der Waals surface area contributed by atoms with E-state index in [0.29, 0.717) is 35.0 Å². The third-order valence-corrected chi connectivity index (χ3v) is 5.00. The van der Waals surface area contributed by atoms with Gasteiger partial charge in [-0.15, -0.1) is 11.3 Å². The van der Waals surface area contributed by atoms with Gasteiger partial charge in [-0.3, -0.25) is 14.9 Å². The lowest BCUT2D eigenvalue weighted by Gasteiger charge is -2.11. The quantitative estimate of drug-likeness (QED) is 0.335. The minimum absolute atomic E-state index is 0.0131. The van der Waals surface area contributed by atoms with Gasteiger partial charge in [0.25, 0.3) is 11.6 Å². The number of nitro benzene ring substituents is 1. The van der Waals surface area contributed by atoms with Crippen molar-refractivity contribution in [2.45, 2.75) is 13.8 Å². The molecule has 0 aliphatic rings. The maximum absolute atomic E-state index is 12.3. The van der Waals surface area contributed by atoms with E-state index in [2.05, 4.69) is 10.5 Å². The molecule has 9 heteroatoms. The van der Waals surface area contributed by atoms with Crippen molar-refractivity contribution in [3.8, 4) is 11.5 Å². The van der Waals surface area contributed by atoms with Gasteiger partial charge in [0, 0.05) is 22.2 Å². The summed E-state index contributed by atoms with van der Waals surface area (Å²) in [6, 6.07) is 11.5. The Morgan fingerprint density at radius 3 is 2.62 bits per heavy atom. The van der Waals surface area contributed by atoms with Crippen molar-refractivity contribution in [2.75, 3.05) is 13.2 Å². The molecule has 0 radical (unpaired) electrons. The van der Waals surface area contributed by atoms with E-state index < -0.39 is 4.92 Å². The van der Waals surface area contributed by atoms with Crippen LogP contribution in [-0.2, 0) is 0 Å². The van der Waals surface area contributed by atoms with Crippen LogP contribution in [0.25, 0.3) is 10.1 Å². The number of nitro groups is 1. The first-order valence-electron chi connectivity index (χ1n) is 8.92. The van der Waals surface area contributed by atoms with Gasteiger partial charge >= 0.3 is 0 Å². The van der Waals surface area contributed by atoms with Gasteiger partial charge in [0.15, 0.2) is 11.5 Å². The fraction of sp³-hybridized carbons (Fsp3) is 0.200. The molecule has 0 aliphatic heterocycles. The number of carbonyl (C=O) groups excluding carboxylic acids is 1. The van der Waals surface area contributed by atoms with Crippen LogP contribution in [0.2, 0.25) is 0 Å². The summed E-state index contributed by atoms with van der Waals surface area (Å²) in [7, 11) is 0. The number of fused-ring (bicyclic) bond motifs is 1. The summed E-state index contributed by atoms with van der Waals surface area (Å²) in [5.41, 5.74) is 3.20. The van der Waals surface area contributed by atoms with Crippen molar-refractivity contribution < 1.29 is 19.2 Å². The number of hydrogen-bond donors (Lipinski definition) is 1. The first-order valence-corrected chi connectivity index (χ1v) is 9.74. The Kier molecular flexibility index (Phi) is 6.40. The number of carbonyl (C=O) groups is 1. The van der Waals surface area contributed by atoms with E-state index in [1.807, 2.05) is 19.9 Å². The molecule has 0 atom stereocenters. The first kappa shape index (κ1) is 20.3. The van der Waals surface area contributed by atoms with Crippen molar-refractivity contribution in [1.82, 2.24) is 5.43 Å². The molecule has 0 fully saturated rings. The van der Waals surface area contributed by atoms with Crippen molar-refractivity contribution in [3.63, 3.8) is 0 Å². The monoisotopic (exact) mass is 413 g/mol. The molecule has 150 valence electrons. The smallest absolute Gasteiger partial charge is 0.281 e. The lowest BCUT2D eigenvalue weighted by Crippen LogP contribution is -2.16. The molecule has 1 aromatic heterocycles. The molecule has 1 amide bonds. The van der Waals surface area contributed by atoms with E-state index in [4.69, 9.17) is 9.47 Å². The molecule has 1 N–H and O–H groups in total. The predicted octanol–water partition coefficient (Wildman–Crippen LogP) is 4.37. The van der Waals surface area contributed by atoms with E-state index in [1.165, 1.54) is 29.7 Å². The Morgan fingerprint density at radius 2 is 1.90 bits per heavy atom. The summed E-state index contributed by atoms with van der Waals surface area (Å²) < 4.78 is 11.9. The predicted molar refractivity (Wildman–Crippen MR) is 112 cm³/mol. The highest BCUT2D eigenvalue weighted by Crippen LogP contribution is 2.29. The number of hydrazone groups is 1. The van der Waals surface area contributed by atoms with Crippen LogP contribution in [0.4, 0.5) is 5.69 Å². The van der Waals surface area contributed by atoms with Crippen LogP contribution in [-0.4, -0.2) is 30.3 Å². The van der Waals surface area contributed by atoms with Crippen LogP contribution < -0.4 is 14.9 Å². The third-order valence-electron chi connectivity index (χ3n) is 3.88. The van der Waals surface area contributed by atoms with Gasteiger partial charge in [-0.2, -0.15) is 5.10 Å². The van der Waals surface area contributed by atoms with Crippen LogP contribution in [0.3, 0.4) is 0 Å². The first-order chi connectivity index (χ1) is 14.0. The third kappa shape index (κ3) is 4.88. The zero-order valence-electron chi connectivity index (χ0n) is 15.9. The Labute approximate surface area is 170 Å². The molecular formula is C20H19N3O5S. The summed E-state index contributed by atoms with van der Waals surface area (Å²) in [5, 5.41) is 15.5. The maximum atomic E-state index is 12.3. The Morgan fingerprint density at radius 1 is 1.14 bits per heavy atom. The molecule has 3 rings (SSSR count). The molecule has 1 heterocycles. The number of ether oxygens (including phenoxy) is 2. The molecule has 0 unspecified atom stereocenters. The van der Waals surface area contributed by atoms with Crippen molar-refractivity contribution >= 4 is 39.2 Å². The van der Waals surface area contributed by atoms with Gasteiger partial charge in [0.05, 0.1) is 29.2 Å². The van der Waals surface area contributed by atoms with Gasteiger partial charge in [-0.1, -0.05) is 0 Å². The molecule has 0 spiro atoms. The van der Waals surface area contributed by atoms with Crippen LogP contribution in [0.5, 0.6) is 11.5 Å². The summed E-state index contributed by atoms with van der Waals surface area (Å²) in [6.07, 6.45) is 1.51. The minimum Gasteiger partial charge on any atom is -0.490 e. The summed E-state index contributed by atoms with van der Waals surface area (Å²) >= 11 is 1.24. The number of benzene rings is 2. The molecule has 0 saturated heterocycles. The number of thiophene rings is 1. The van der Waals surface area contributed by atoms with Crippen LogP contribution >= 0.6 is 11.3 Å². The second kappa shape index (κ2) is 9.16. The molecule has 29 heavy (non-hydrogen) atoms. The number of nitrogens with zero attached hydrogens (tertiary/aromatic N) is 2. The minimum atomic E-state index is -0.464. The number of non-ortho nitro benzene ring substituents is 1. The summed E-state index contributed by atoms with van der Waals surface area (Å²) in [5.74, 6) is 0.867. The normalized spacial score (nSPS) is 11.0. The van der Waals surface area contributed by atoms with Gasteiger partial charge in [-0.05, 0) is 49.7 Å². The van der Waals surface area contributed by atoms with Gasteiger partial charge in [0.1, 0.15) is 0 Å². The summed E-state index contributed by atoms with van der Waals surface area (Å²) in [6.45, 7) is 4.81. The molecule has 3 aromatic rings. The van der Waals surface area contributed by atoms with Crippen LogP contribution in [0, 0.1) is 10.1 Å². The highest BCUT2D eigenvalue weighted by Gasteiger charge is 2.13. The van der Waals surface area contributed by atoms with E-state index in [9.17, 15) is 14.9 Å². The second-order valence-electron chi connectivity index (χ2n) is 5.86. The van der Waals surface area contributed by atoms with E-state index in [-0.39, 0.29) is 11.6 Å². The van der Waals surface area contributed by atoms with Gasteiger partial charge in [0.2, 0.25) is 0 Å². The van der Waals surface area contributed by atoms with Crippen LogP contribution in [0.1, 0.15) is 29.1 Å². The number of hydrogen-bond acceptors (Lipinski definition) is 7. The Hall–Kier alpha value is -3.46. The molecular weight excluding hydrogens is 394 g/mol.